The van der Waals surface area contributed by atoms with Gasteiger partial charge in [-0.2, -0.15) is 0 Å². The van der Waals surface area contributed by atoms with Gasteiger partial charge in [-0.15, -0.1) is 5.10 Å². The topological polar surface area (TPSA) is 62.5 Å². The van der Waals surface area contributed by atoms with Gasteiger partial charge in [-0.3, -0.25) is 4.79 Å². The molecule has 4 rings (SSSR count). The Bertz CT molecular complexity index is 809. The summed E-state index contributed by atoms with van der Waals surface area (Å²) in [4.78, 5) is 19.4. The third kappa shape index (κ3) is 2.92. The van der Waals surface area contributed by atoms with E-state index in [-0.39, 0.29) is 11.9 Å². The molecule has 1 aromatic carbocycles. The van der Waals surface area contributed by atoms with Crippen molar-refractivity contribution in [3.63, 3.8) is 0 Å². The summed E-state index contributed by atoms with van der Waals surface area (Å²) in [6, 6.07) is 10.2. The minimum Gasteiger partial charge on any atom is -0.355 e. The number of nitrogens with zero attached hydrogens (tertiary/aromatic N) is 4. The molecule has 3 aromatic rings. The van der Waals surface area contributed by atoms with Gasteiger partial charge >= 0.3 is 0 Å². The Labute approximate surface area is 137 Å². The third-order valence-electron chi connectivity index (χ3n) is 3.92. The SMILES string of the molecule is Cc1cn2nc(N[C@@H]3CC(=O)N(Cc4ccccc4)C3)sc2n1. The van der Waals surface area contributed by atoms with Crippen molar-refractivity contribution < 1.29 is 4.79 Å². The van der Waals surface area contributed by atoms with E-state index in [1.165, 1.54) is 11.3 Å². The second-order valence-electron chi connectivity index (χ2n) is 5.82. The molecule has 118 valence electrons. The minimum atomic E-state index is 0.100. The first-order valence-corrected chi connectivity index (χ1v) is 8.40. The number of aryl methyl sites for hydroxylation is 1. The number of amides is 1. The Morgan fingerprint density at radius 2 is 2.17 bits per heavy atom. The van der Waals surface area contributed by atoms with Gasteiger partial charge < -0.3 is 10.2 Å². The molecular weight excluding hydrogens is 310 g/mol. The van der Waals surface area contributed by atoms with Crippen LogP contribution in [-0.4, -0.2) is 38.0 Å². The van der Waals surface area contributed by atoms with E-state index < -0.39 is 0 Å². The maximum atomic E-state index is 12.2. The number of anilines is 1. The molecule has 6 nitrogen and oxygen atoms in total. The zero-order chi connectivity index (χ0) is 15.8. The summed E-state index contributed by atoms with van der Waals surface area (Å²) in [6.07, 6.45) is 2.41. The van der Waals surface area contributed by atoms with Crippen LogP contribution in [0.4, 0.5) is 5.13 Å². The summed E-state index contributed by atoms with van der Waals surface area (Å²) in [5.41, 5.74) is 2.12. The van der Waals surface area contributed by atoms with Crippen LogP contribution in [0.3, 0.4) is 0 Å². The fourth-order valence-corrected chi connectivity index (χ4v) is 3.77. The van der Waals surface area contributed by atoms with Crippen LogP contribution in [-0.2, 0) is 11.3 Å². The molecule has 0 saturated carbocycles. The van der Waals surface area contributed by atoms with Crippen molar-refractivity contribution in [3.8, 4) is 0 Å². The zero-order valence-corrected chi connectivity index (χ0v) is 13.6. The second-order valence-corrected chi connectivity index (χ2v) is 6.78. The molecular formula is C16H17N5OS. The number of hydrogen-bond acceptors (Lipinski definition) is 5. The number of fused-ring (bicyclic) bond motifs is 1. The molecule has 1 saturated heterocycles. The van der Waals surface area contributed by atoms with Gasteiger partial charge in [-0.05, 0) is 12.5 Å². The summed E-state index contributed by atoms with van der Waals surface area (Å²) in [7, 11) is 0. The normalized spacial score (nSPS) is 18.0. The Hall–Kier alpha value is -2.41. The minimum absolute atomic E-state index is 0.100. The second kappa shape index (κ2) is 5.66. The predicted molar refractivity (Wildman–Crippen MR) is 89.5 cm³/mol. The number of likely N-dealkylation sites (tertiary alicyclic amines) is 1. The Morgan fingerprint density at radius 1 is 1.35 bits per heavy atom. The molecule has 0 aliphatic carbocycles. The van der Waals surface area contributed by atoms with E-state index in [4.69, 9.17) is 0 Å². The zero-order valence-electron chi connectivity index (χ0n) is 12.8. The van der Waals surface area contributed by atoms with E-state index >= 15 is 0 Å². The van der Waals surface area contributed by atoms with Gasteiger partial charge in [0.25, 0.3) is 0 Å². The van der Waals surface area contributed by atoms with Crippen LogP contribution in [0.25, 0.3) is 4.96 Å². The number of nitrogens with one attached hydrogen (secondary N) is 1. The molecule has 7 heteroatoms. The van der Waals surface area contributed by atoms with Crippen LogP contribution in [0, 0.1) is 6.92 Å². The molecule has 3 heterocycles. The molecule has 1 aliphatic heterocycles. The highest BCUT2D eigenvalue weighted by atomic mass is 32.1. The standard InChI is InChI=1S/C16H17N5OS/c1-11-8-21-16(17-11)23-15(19-21)18-13-7-14(22)20(10-13)9-12-5-3-2-4-6-12/h2-6,8,13H,7,9-10H2,1H3,(H,18,19)/t13-/m1/s1. The number of rotatable bonds is 4. The fourth-order valence-electron chi connectivity index (χ4n) is 2.87. The van der Waals surface area contributed by atoms with Crippen molar-refractivity contribution in [1.82, 2.24) is 19.5 Å². The molecule has 1 fully saturated rings. The lowest BCUT2D eigenvalue weighted by Crippen LogP contribution is -2.27. The molecule has 0 spiro atoms. The molecule has 1 N–H and O–H groups in total. The molecule has 0 unspecified atom stereocenters. The van der Waals surface area contributed by atoms with Crippen LogP contribution >= 0.6 is 11.3 Å². The number of imidazole rings is 1. The summed E-state index contributed by atoms with van der Waals surface area (Å²) in [5.74, 6) is 0.184. The van der Waals surface area contributed by atoms with E-state index in [9.17, 15) is 4.79 Å². The third-order valence-corrected chi connectivity index (χ3v) is 4.78. The molecule has 1 aliphatic rings. The fraction of sp³-hybridized carbons (Fsp3) is 0.312. The number of carbonyl (C=O) groups is 1. The van der Waals surface area contributed by atoms with E-state index in [0.29, 0.717) is 19.5 Å². The maximum Gasteiger partial charge on any atom is 0.225 e. The average molecular weight is 327 g/mol. The molecule has 0 radical (unpaired) electrons. The van der Waals surface area contributed by atoms with Gasteiger partial charge in [0.2, 0.25) is 16.0 Å². The monoisotopic (exact) mass is 327 g/mol. The van der Waals surface area contributed by atoms with Crippen LogP contribution < -0.4 is 5.32 Å². The summed E-state index contributed by atoms with van der Waals surface area (Å²) in [5, 5.41) is 8.64. The van der Waals surface area contributed by atoms with Crippen molar-refractivity contribution in [1.29, 1.82) is 0 Å². The van der Waals surface area contributed by atoms with Crippen LogP contribution in [0.2, 0.25) is 0 Å². The quantitative estimate of drug-likeness (QED) is 0.799. The summed E-state index contributed by atoms with van der Waals surface area (Å²) in [6.45, 7) is 3.32. The predicted octanol–water partition coefficient (Wildman–Crippen LogP) is 2.31. The first-order chi connectivity index (χ1) is 11.2. The number of aromatic nitrogens is 3. The van der Waals surface area contributed by atoms with Crippen LogP contribution in [0.15, 0.2) is 36.5 Å². The first kappa shape index (κ1) is 14.2. The smallest absolute Gasteiger partial charge is 0.225 e. The summed E-state index contributed by atoms with van der Waals surface area (Å²) < 4.78 is 1.78. The molecule has 0 bridgehead atoms. The Balaban J connectivity index is 1.42. The van der Waals surface area contributed by atoms with Gasteiger partial charge in [0.15, 0.2) is 0 Å². The Morgan fingerprint density at radius 3 is 2.96 bits per heavy atom. The maximum absolute atomic E-state index is 12.2. The Kier molecular flexibility index (Phi) is 3.49. The highest BCUT2D eigenvalue weighted by molar-refractivity contribution is 7.20. The first-order valence-electron chi connectivity index (χ1n) is 7.58. The molecule has 23 heavy (non-hydrogen) atoms. The lowest BCUT2D eigenvalue weighted by Gasteiger charge is -2.16. The van der Waals surface area contributed by atoms with Gasteiger partial charge in [0, 0.05) is 19.5 Å². The number of benzene rings is 1. The van der Waals surface area contributed by atoms with Gasteiger partial charge in [-0.25, -0.2) is 9.50 Å². The molecule has 2 aromatic heterocycles. The van der Waals surface area contributed by atoms with Crippen LogP contribution in [0.5, 0.6) is 0 Å². The lowest BCUT2D eigenvalue weighted by molar-refractivity contribution is -0.128. The lowest BCUT2D eigenvalue weighted by atomic mass is 10.2. The van der Waals surface area contributed by atoms with Gasteiger partial charge in [-0.1, -0.05) is 41.7 Å². The number of carbonyl (C=O) groups excluding carboxylic acids is 1. The molecule has 1 amide bonds. The van der Waals surface area contributed by atoms with Gasteiger partial charge in [0.05, 0.1) is 17.9 Å². The van der Waals surface area contributed by atoms with Crippen molar-refractivity contribution in [2.75, 3.05) is 11.9 Å². The van der Waals surface area contributed by atoms with E-state index in [1.807, 2.05) is 48.4 Å². The van der Waals surface area contributed by atoms with Crippen molar-refractivity contribution >= 4 is 27.3 Å². The van der Waals surface area contributed by atoms with Crippen molar-refractivity contribution in [2.24, 2.45) is 0 Å². The van der Waals surface area contributed by atoms with Crippen molar-refractivity contribution in [3.05, 3.63) is 47.8 Å². The highest BCUT2D eigenvalue weighted by Crippen LogP contribution is 2.23. The number of hydrogen-bond donors (Lipinski definition) is 1. The summed E-state index contributed by atoms with van der Waals surface area (Å²) >= 11 is 1.51. The van der Waals surface area contributed by atoms with E-state index in [2.05, 4.69) is 15.4 Å². The van der Waals surface area contributed by atoms with Crippen LogP contribution in [0.1, 0.15) is 17.7 Å². The average Bonchev–Trinajstić information content (AvgIpc) is 3.14. The largest absolute Gasteiger partial charge is 0.355 e. The van der Waals surface area contributed by atoms with Crippen molar-refractivity contribution in [2.45, 2.75) is 25.9 Å². The highest BCUT2D eigenvalue weighted by Gasteiger charge is 2.30. The molecule has 1 atom stereocenters. The van der Waals surface area contributed by atoms with E-state index in [0.717, 1.165) is 21.3 Å². The van der Waals surface area contributed by atoms with Gasteiger partial charge in [0.1, 0.15) is 0 Å². The van der Waals surface area contributed by atoms with E-state index in [1.54, 1.807) is 4.52 Å².